The van der Waals surface area contributed by atoms with Crippen molar-refractivity contribution in [2.24, 2.45) is 4.99 Å². The summed E-state index contributed by atoms with van der Waals surface area (Å²) < 4.78 is 1.77. The number of aromatic nitrogens is 2. The van der Waals surface area contributed by atoms with Crippen molar-refractivity contribution in [3.05, 3.63) is 76.0 Å². The SMILES string of the molecule is CC(=O)c1cnc2cc(C)c(Cl)cn2c1=NCc1ccccc1. The fourth-order valence-electron chi connectivity index (χ4n) is 2.36. The van der Waals surface area contributed by atoms with Crippen LogP contribution in [0.2, 0.25) is 5.02 Å². The zero-order chi connectivity index (χ0) is 16.4. The number of halogens is 1. The first-order valence-corrected chi connectivity index (χ1v) is 7.67. The molecule has 0 aliphatic carbocycles. The second-order valence-electron chi connectivity index (χ2n) is 5.39. The molecule has 5 heteroatoms. The third-order valence-electron chi connectivity index (χ3n) is 3.64. The summed E-state index contributed by atoms with van der Waals surface area (Å²) in [5.41, 5.74) is 3.78. The van der Waals surface area contributed by atoms with Crippen molar-refractivity contribution >= 4 is 23.0 Å². The smallest absolute Gasteiger partial charge is 0.165 e. The maximum atomic E-state index is 11.9. The molecule has 1 aromatic carbocycles. The van der Waals surface area contributed by atoms with Gasteiger partial charge in [-0.3, -0.25) is 14.2 Å². The largest absolute Gasteiger partial charge is 0.294 e. The molecular formula is C18H16ClN3O. The number of Topliss-reactive ketones (excluding diaryl/α,β-unsaturated/α-hetero) is 1. The highest BCUT2D eigenvalue weighted by Crippen LogP contribution is 2.15. The summed E-state index contributed by atoms with van der Waals surface area (Å²) in [5, 5.41) is 0.612. The Bertz CT molecular complexity index is 946. The summed E-state index contributed by atoms with van der Waals surface area (Å²) >= 11 is 6.23. The van der Waals surface area contributed by atoms with E-state index < -0.39 is 0 Å². The topological polar surface area (TPSA) is 46.7 Å². The molecule has 0 saturated heterocycles. The summed E-state index contributed by atoms with van der Waals surface area (Å²) in [7, 11) is 0. The number of hydrogen-bond acceptors (Lipinski definition) is 3. The lowest BCUT2D eigenvalue weighted by molar-refractivity contribution is 0.101. The third-order valence-corrected chi connectivity index (χ3v) is 4.04. The van der Waals surface area contributed by atoms with Crippen LogP contribution in [0.3, 0.4) is 0 Å². The van der Waals surface area contributed by atoms with Crippen molar-refractivity contribution in [2.45, 2.75) is 20.4 Å². The van der Waals surface area contributed by atoms with Gasteiger partial charge in [-0.1, -0.05) is 41.9 Å². The van der Waals surface area contributed by atoms with E-state index in [1.165, 1.54) is 6.92 Å². The van der Waals surface area contributed by atoms with E-state index in [1.807, 2.05) is 43.3 Å². The summed E-state index contributed by atoms with van der Waals surface area (Å²) in [6.45, 7) is 3.92. The zero-order valence-electron chi connectivity index (χ0n) is 13.0. The molecule has 4 nitrogen and oxygen atoms in total. The zero-order valence-corrected chi connectivity index (χ0v) is 13.7. The Hall–Kier alpha value is -2.46. The van der Waals surface area contributed by atoms with E-state index in [1.54, 1.807) is 16.8 Å². The highest BCUT2D eigenvalue weighted by Gasteiger charge is 2.09. The van der Waals surface area contributed by atoms with Crippen LogP contribution in [0, 0.1) is 6.92 Å². The van der Waals surface area contributed by atoms with Crippen LogP contribution in [0.5, 0.6) is 0 Å². The normalized spacial score (nSPS) is 11.9. The van der Waals surface area contributed by atoms with E-state index in [0.29, 0.717) is 28.3 Å². The Morgan fingerprint density at radius 1 is 1.30 bits per heavy atom. The molecule has 0 atom stereocenters. The Balaban J connectivity index is 2.24. The lowest BCUT2D eigenvalue weighted by atomic mass is 10.2. The lowest BCUT2D eigenvalue weighted by Crippen LogP contribution is -2.24. The molecule has 2 heterocycles. The molecule has 0 spiro atoms. The van der Waals surface area contributed by atoms with Gasteiger partial charge in [0.2, 0.25) is 0 Å². The Kier molecular flexibility index (Phi) is 4.26. The van der Waals surface area contributed by atoms with Gasteiger partial charge in [0, 0.05) is 12.4 Å². The molecule has 116 valence electrons. The van der Waals surface area contributed by atoms with Crippen LogP contribution in [0.15, 0.2) is 53.8 Å². The molecule has 23 heavy (non-hydrogen) atoms. The van der Waals surface area contributed by atoms with Crippen molar-refractivity contribution < 1.29 is 4.79 Å². The summed E-state index contributed by atoms with van der Waals surface area (Å²) in [6.07, 6.45) is 3.34. The van der Waals surface area contributed by atoms with E-state index in [4.69, 9.17) is 11.6 Å². The molecule has 2 aromatic heterocycles. The molecule has 0 unspecified atom stereocenters. The number of hydrogen-bond donors (Lipinski definition) is 0. The van der Waals surface area contributed by atoms with Gasteiger partial charge >= 0.3 is 0 Å². The van der Waals surface area contributed by atoms with Gasteiger partial charge in [0.25, 0.3) is 0 Å². The van der Waals surface area contributed by atoms with Crippen LogP contribution in [0.4, 0.5) is 0 Å². The van der Waals surface area contributed by atoms with E-state index in [-0.39, 0.29) is 5.78 Å². The van der Waals surface area contributed by atoms with Gasteiger partial charge in [-0.2, -0.15) is 0 Å². The Morgan fingerprint density at radius 2 is 2.04 bits per heavy atom. The molecule has 0 saturated carbocycles. The molecule has 3 aromatic rings. The molecule has 0 aliphatic rings. The van der Waals surface area contributed by atoms with Crippen LogP contribution in [-0.2, 0) is 6.54 Å². The van der Waals surface area contributed by atoms with Crippen molar-refractivity contribution in [3.63, 3.8) is 0 Å². The summed E-state index contributed by atoms with van der Waals surface area (Å²) in [4.78, 5) is 20.9. The lowest BCUT2D eigenvalue weighted by Gasteiger charge is -2.08. The number of ketones is 1. The predicted octanol–water partition coefficient (Wildman–Crippen LogP) is 3.60. The van der Waals surface area contributed by atoms with Crippen LogP contribution in [0.1, 0.15) is 28.4 Å². The van der Waals surface area contributed by atoms with E-state index in [0.717, 1.165) is 11.1 Å². The van der Waals surface area contributed by atoms with Crippen LogP contribution in [0.25, 0.3) is 5.65 Å². The summed E-state index contributed by atoms with van der Waals surface area (Å²) in [6, 6.07) is 11.8. The fraction of sp³-hybridized carbons (Fsp3) is 0.167. The van der Waals surface area contributed by atoms with Gasteiger partial charge < -0.3 is 0 Å². The van der Waals surface area contributed by atoms with E-state index >= 15 is 0 Å². The van der Waals surface area contributed by atoms with Crippen molar-refractivity contribution in [2.75, 3.05) is 0 Å². The molecule has 0 N–H and O–H groups in total. The predicted molar refractivity (Wildman–Crippen MR) is 90.7 cm³/mol. The van der Waals surface area contributed by atoms with Gasteiger partial charge in [-0.05, 0) is 31.0 Å². The van der Waals surface area contributed by atoms with Crippen LogP contribution in [-0.4, -0.2) is 15.2 Å². The van der Waals surface area contributed by atoms with Gasteiger partial charge in [0.1, 0.15) is 11.1 Å². The minimum Gasteiger partial charge on any atom is -0.294 e. The maximum Gasteiger partial charge on any atom is 0.165 e. The van der Waals surface area contributed by atoms with Gasteiger partial charge in [-0.25, -0.2) is 4.98 Å². The number of benzene rings is 1. The quantitative estimate of drug-likeness (QED) is 0.691. The first-order valence-electron chi connectivity index (χ1n) is 7.29. The second kappa shape index (κ2) is 6.34. The van der Waals surface area contributed by atoms with Crippen LogP contribution >= 0.6 is 11.6 Å². The molecular weight excluding hydrogens is 310 g/mol. The average molecular weight is 326 g/mol. The second-order valence-corrected chi connectivity index (χ2v) is 5.79. The highest BCUT2D eigenvalue weighted by molar-refractivity contribution is 6.31. The molecule has 0 bridgehead atoms. The van der Waals surface area contributed by atoms with Crippen molar-refractivity contribution in [1.29, 1.82) is 0 Å². The number of carbonyl (C=O) groups excluding carboxylic acids is 1. The number of carbonyl (C=O) groups is 1. The van der Waals surface area contributed by atoms with Crippen molar-refractivity contribution in [3.8, 4) is 0 Å². The first-order chi connectivity index (χ1) is 11.1. The van der Waals surface area contributed by atoms with Gasteiger partial charge in [-0.15, -0.1) is 0 Å². The maximum absolute atomic E-state index is 11.9. The number of nitrogens with zero attached hydrogens (tertiary/aromatic N) is 3. The monoisotopic (exact) mass is 325 g/mol. The van der Waals surface area contributed by atoms with Crippen LogP contribution < -0.4 is 5.49 Å². The molecule has 0 radical (unpaired) electrons. The van der Waals surface area contributed by atoms with Gasteiger partial charge in [0.15, 0.2) is 5.78 Å². The molecule has 0 aliphatic heterocycles. The summed E-state index contributed by atoms with van der Waals surface area (Å²) in [5.74, 6) is -0.0737. The Labute approximate surface area is 139 Å². The van der Waals surface area contributed by atoms with Crippen molar-refractivity contribution in [1.82, 2.24) is 9.38 Å². The molecule has 3 rings (SSSR count). The molecule has 0 fully saturated rings. The third kappa shape index (κ3) is 3.17. The number of pyridine rings is 1. The highest BCUT2D eigenvalue weighted by atomic mass is 35.5. The average Bonchev–Trinajstić information content (AvgIpc) is 2.54. The van der Waals surface area contributed by atoms with E-state index in [9.17, 15) is 4.79 Å². The minimum absolute atomic E-state index is 0.0737. The number of aryl methyl sites for hydroxylation is 1. The minimum atomic E-state index is -0.0737. The standard InChI is InChI=1S/C18H16ClN3O/c1-12-8-17-20-10-15(13(2)23)18(22(17)11-16(12)19)21-9-14-6-4-3-5-7-14/h3-8,10-11H,9H2,1-2H3. The van der Waals surface area contributed by atoms with Gasteiger partial charge in [0.05, 0.1) is 17.1 Å². The first kappa shape index (κ1) is 15.4. The Morgan fingerprint density at radius 3 is 2.74 bits per heavy atom. The fourth-order valence-corrected chi connectivity index (χ4v) is 2.51. The van der Waals surface area contributed by atoms with E-state index in [2.05, 4.69) is 9.98 Å². The molecule has 0 amide bonds. The number of rotatable bonds is 3. The number of fused-ring (bicyclic) bond motifs is 1.